The minimum absolute atomic E-state index is 0.159. The zero-order chi connectivity index (χ0) is 24.5. The van der Waals surface area contributed by atoms with Crippen LogP contribution in [-0.2, 0) is 0 Å². The van der Waals surface area contributed by atoms with Crippen LogP contribution in [0.3, 0.4) is 0 Å². The molecule has 1 aromatic heterocycles. The number of ether oxygens (including phenoxy) is 3. The molecular formula is C26H33N3O4S. The third-order valence-corrected chi connectivity index (χ3v) is 6.56. The minimum Gasteiger partial charge on any atom is -0.493 e. The molecule has 2 aromatic carbocycles. The summed E-state index contributed by atoms with van der Waals surface area (Å²) in [4.78, 5) is 22.7. The summed E-state index contributed by atoms with van der Waals surface area (Å²) >= 11 is 1.47. The fourth-order valence-electron chi connectivity index (χ4n) is 3.77. The van der Waals surface area contributed by atoms with Gasteiger partial charge in [-0.15, -0.1) is 11.3 Å². The quantitative estimate of drug-likeness (QED) is 0.352. The van der Waals surface area contributed by atoms with Crippen LogP contribution in [0.5, 0.6) is 17.2 Å². The molecule has 0 radical (unpaired) electrons. The van der Waals surface area contributed by atoms with Gasteiger partial charge in [-0.05, 0) is 38.2 Å². The maximum Gasteiger partial charge on any atom is 0.260 e. The molecule has 0 bridgehead atoms. The lowest BCUT2D eigenvalue weighted by Gasteiger charge is -2.23. The number of carbonyl (C=O) groups excluding carboxylic acids is 1. The molecule has 0 aliphatic carbocycles. The van der Waals surface area contributed by atoms with Gasteiger partial charge in [-0.3, -0.25) is 9.69 Å². The number of amides is 1. The van der Waals surface area contributed by atoms with Gasteiger partial charge in [-0.1, -0.05) is 44.2 Å². The average molecular weight is 484 g/mol. The Morgan fingerprint density at radius 3 is 2.15 bits per heavy atom. The lowest BCUT2D eigenvalue weighted by atomic mass is 10.1. The summed E-state index contributed by atoms with van der Waals surface area (Å²) in [6.45, 7) is 7.71. The van der Waals surface area contributed by atoms with E-state index in [1.807, 2.05) is 35.7 Å². The van der Waals surface area contributed by atoms with E-state index in [4.69, 9.17) is 19.2 Å². The second-order valence-electron chi connectivity index (χ2n) is 7.63. The Hall–Kier alpha value is -3.10. The first-order chi connectivity index (χ1) is 16.6. The molecule has 0 spiro atoms. The van der Waals surface area contributed by atoms with Crippen molar-refractivity contribution in [3.63, 3.8) is 0 Å². The van der Waals surface area contributed by atoms with E-state index in [0.29, 0.717) is 34.5 Å². The molecule has 0 saturated carbocycles. The summed E-state index contributed by atoms with van der Waals surface area (Å²) in [5, 5.41) is 2.65. The number of methoxy groups -OCH3 is 3. The third-order valence-electron chi connectivity index (χ3n) is 5.70. The van der Waals surface area contributed by atoms with Gasteiger partial charge in [-0.2, -0.15) is 0 Å². The van der Waals surface area contributed by atoms with E-state index < -0.39 is 0 Å². The van der Waals surface area contributed by atoms with E-state index in [2.05, 4.69) is 18.7 Å². The largest absolute Gasteiger partial charge is 0.493 e. The van der Waals surface area contributed by atoms with E-state index in [1.165, 1.54) is 11.3 Å². The van der Waals surface area contributed by atoms with Crippen molar-refractivity contribution in [1.82, 2.24) is 9.88 Å². The van der Waals surface area contributed by atoms with Gasteiger partial charge in [0.1, 0.15) is 0 Å². The Balaban J connectivity index is 1.95. The van der Waals surface area contributed by atoms with Gasteiger partial charge in [0, 0.05) is 23.1 Å². The van der Waals surface area contributed by atoms with Gasteiger partial charge in [-0.25, -0.2) is 4.98 Å². The SMILES string of the molecule is CCN(CC)CCCN(C(=O)c1cc(OC)c(OC)c(OC)c1)c1nc(-c2ccccc2)cs1. The Morgan fingerprint density at radius 2 is 1.59 bits per heavy atom. The van der Waals surface area contributed by atoms with Gasteiger partial charge in [0.15, 0.2) is 16.6 Å². The van der Waals surface area contributed by atoms with Crippen LogP contribution in [0, 0.1) is 0 Å². The average Bonchev–Trinajstić information content (AvgIpc) is 3.38. The molecule has 0 fully saturated rings. The van der Waals surface area contributed by atoms with E-state index in [-0.39, 0.29) is 5.91 Å². The first kappa shape index (κ1) is 25.5. The second kappa shape index (κ2) is 12.4. The predicted octanol–water partition coefficient (Wildman–Crippen LogP) is 5.21. The first-order valence-corrected chi connectivity index (χ1v) is 12.3. The van der Waals surface area contributed by atoms with Crippen molar-refractivity contribution in [2.75, 3.05) is 52.4 Å². The maximum absolute atomic E-state index is 13.8. The summed E-state index contributed by atoms with van der Waals surface area (Å²) in [6, 6.07) is 13.4. The van der Waals surface area contributed by atoms with Crippen LogP contribution in [0.1, 0.15) is 30.6 Å². The van der Waals surface area contributed by atoms with Crippen LogP contribution < -0.4 is 19.1 Å². The highest BCUT2D eigenvalue weighted by atomic mass is 32.1. The van der Waals surface area contributed by atoms with E-state index in [9.17, 15) is 4.79 Å². The zero-order valence-electron chi connectivity index (χ0n) is 20.5. The number of aromatic nitrogens is 1. The number of benzene rings is 2. The summed E-state index contributed by atoms with van der Waals surface area (Å²) in [7, 11) is 4.63. The molecule has 0 unspecified atom stereocenters. The first-order valence-electron chi connectivity index (χ1n) is 11.4. The maximum atomic E-state index is 13.8. The molecule has 34 heavy (non-hydrogen) atoms. The number of thiazole rings is 1. The number of carbonyl (C=O) groups is 1. The molecule has 182 valence electrons. The van der Waals surface area contributed by atoms with Crippen molar-refractivity contribution in [3.05, 3.63) is 53.4 Å². The topological polar surface area (TPSA) is 64.1 Å². The Labute approximate surface area is 205 Å². The van der Waals surface area contributed by atoms with Crippen molar-refractivity contribution in [1.29, 1.82) is 0 Å². The van der Waals surface area contributed by atoms with E-state index in [1.54, 1.807) is 38.4 Å². The van der Waals surface area contributed by atoms with Gasteiger partial charge >= 0.3 is 0 Å². The van der Waals surface area contributed by atoms with Crippen molar-refractivity contribution < 1.29 is 19.0 Å². The van der Waals surface area contributed by atoms with Crippen molar-refractivity contribution in [2.24, 2.45) is 0 Å². The molecule has 8 heteroatoms. The van der Waals surface area contributed by atoms with Crippen molar-refractivity contribution in [3.8, 4) is 28.5 Å². The molecule has 7 nitrogen and oxygen atoms in total. The minimum atomic E-state index is -0.159. The molecule has 0 aliphatic heterocycles. The number of hydrogen-bond donors (Lipinski definition) is 0. The number of rotatable bonds is 12. The highest BCUT2D eigenvalue weighted by Crippen LogP contribution is 2.39. The number of hydrogen-bond acceptors (Lipinski definition) is 7. The number of nitrogens with zero attached hydrogens (tertiary/aromatic N) is 3. The molecule has 3 aromatic rings. The number of anilines is 1. The fraction of sp³-hybridized carbons (Fsp3) is 0.385. The molecule has 1 heterocycles. The van der Waals surface area contributed by atoms with Crippen LogP contribution in [0.2, 0.25) is 0 Å². The van der Waals surface area contributed by atoms with E-state index >= 15 is 0 Å². The van der Waals surface area contributed by atoms with Crippen molar-refractivity contribution >= 4 is 22.4 Å². The molecule has 0 saturated heterocycles. The van der Waals surface area contributed by atoms with Crippen LogP contribution in [-0.4, -0.2) is 63.3 Å². The summed E-state index contributed by atoms with van der Waals surface area (Å²) < 4.78 is 16.3. The van der Waals surface area contributed by atoms with Gasteiger partial charge < -0.3 is 19.1 Å². The Morgan fingerprint density at radius 1 is 0.941 bits per heavy atom. The predicted molar refractivity (Wildman–Crippen MR) is 138 cm³/mol. The highest BCUT2D eigenvalue weighted by Gasteiger charge is 2.24. The lowest BCUT2D eigenvalue weighted by molar-refractivity contribution is 0.0985. The van der Waals surface area contributed by atoms with E-state index in [0.717, 1.165) is 37.3 Å². The molecule has 1 amide bonds. The third kappa shape index (κ3) is 5.87. The van der Waals surface area contributed by atoms with Gasteiger partial charge in [0.25, 0.3) is 5.91 Å². The Bertz CT molecular complexity index is 1040. The Kier molecular flexibility index (Phi) is 9.30. The van der Waals surface area contributed by atoms with Crippen LogP contribution in [0.4, 0.5) is 5.13 Å². The van der Waals surface area contributed by atoms with Gasteiger partial charge in [0.05, 0.1) is 27.0 Å². The standard InChI is InChI=1S/C26H33N3O4S/c1-6-28(7-2)14-11-15-29(26-27-21(18-34-26)19-12-9-8-10-13-19)25(30)20-16-22(31-3)24(33-5)23(17-20)32-4/h8-10,12-13,16-18H,6-7,11,14-15H2,1-5H3. The summed E-state index contributed by atoms with van der Waals surface area (Å²) in [5.41, 5.74) is 2.33. The van der Waals surface area contributed by atoms with Crippen molar-refractivity contribution in [2.45, 2.75) is 20.3 Å². The second-order valence-corrected chi connectivity index (χ2v) is 8.47. The molecule has 3 rings (SSSR count). The molecule has 0 aliphatic rings. The lowest BCUT2D eigenvalue weighted by Crippen LogP contribution is -2.34. The highest BCUT2D eigenvalue weighted by molar-refractivity contribution is 7.14. The normalized spacial score (nSPS) is 10.9. The van der Waals surface area contributed by atoms with Crippen LogP contribution in [0.15, 0.2) is 47.8 Å². The summed E-state index contributed by atoms with van der Waals surface area (Å²) in [5.74, 6) is 1.18. The monoisotopic (exact) mass is 483 g/mol. The summed E-state index contributed by atoms with van der Waals surface area (Å²) in [6.07, 6.45) is 0.831. The van der Waals surface area contributed by atoms with Crippen LogP contribution >= 0.6 is 11.3 Å². The van der Waals surface area contributed by atoms with Gasteiger partial charge in [0.2, 0.25) is 5.75 Å². The fourth-order valence-corrected chi connectivity index (χ4v) is 4.62. The van der Waals surface area contributed by atoms with Crippen LogP contribution in [0.25, 0.3) is 11.3 Å². The molecular weight excluding hydrogens is 450 g/mol. The molecule has 0 N–H and O–H groups in total. The zero-order valence-corrected chi connectivity index (χ0v) is 21.4. The molecule has 0 atom stereocenters. The smallest absolute Gasteiger partial charge is 0.260 e.